The van der Waals surface area contributed by atoms with Gasteiger partial charge in [0.25, 0.3) is 11.6 Å². The Kier molecular flexibility index (Phi) is 5.03. The van der Waals surface area contributed by atoms with Crippen LogP contribution >= 0.6 is 0 Å². The standard InChI is InChI=1S/C16H14N2O5/c1-23-16(20)13-9-12(7-8-14(13)18(21)22)15(19)17-10-11-5-3-2-4-6-11/h2-9H,10H2,1H3,(H,17,19). The number of rotatable bonds is 5. The third-order valence-electron chi connectivity index (χ3n) is 3.16. The van der Waals surface area contributed by atoms with Crippen molar-refractivity contribution in [3.63, 3.8) is 0 Å². The number of hydrogen-bond donors (Lipinski definition) is 1. The molecule has 1 amide bonds. The van der Waals surface area contributed by atoms with Crippen molar-refractivity contribution in [2.45, 2.75) is 6.54 Å². The summed E-state index contributed by atoms with van der Waals surface area (Å²) in [6, 6.07) is 12.8. The van der Waals surface area contributed by atoms with E-state index in [0.717, 1.165) is 24.8 Å². The zero-order chi connectivity index (χ0) is 16.8. The van der Waals surface area contributed by atoms with E-state index < -0.39 is 22.5 Å². The van der Waals surface area contributed by atoms with Crippen LogP contribution in [-0.2, 0) is 11.3 Å². The molecule has 0 saturated carbocycles. The van der Waals surface area contributed by atoms with Crippen molar-refractivity contribution in [2.24, 2.45) is 0 Å². The molecule has 0 fully saturated rings. The molecule has 0 aliphatic carbocycles. The van der Waals surface area contributed by atoms with Gasteiger partial charge in [0.1, 0.15) is 5.56 Å². The van der Waals surface area contributed by atoms with Crippen LogP contribution in [0.25, 0.3) is 0 Å². The number of benzene rings is 2. The fourth-order valence-corrected chi connectivity index (χ4v) is 1.99. The Labute approximate surface area is 132 Å². The molecule has 0 aliphatic heterocycles. The number of nitro groups is 1. The van der Waals surface area contributed by atoms with Crippen LogP contribution in [0.2, 0.25) is 0 Å². The number of nitrogens with zero attached hydrogens (tertiary/aromatic N) is 1. The molecule has 7 nitrogen and oxygen atoms in total. The third kappa shape index (κ3) is 3.91. The number of amides is 1. The summed E-state index contributed by atoms with van der Waals surface area (Å²) in [5.41, 5.74) is 0.393. The predicted octanol–water partition coefficient (Wildman–Crippen LogP) is 2.31. The summed E-state index contributed by atoms with van der Waals surface area (Å²) in [4.78, 5) is 34.0. The van der Waals surface area contributed by atoms with Gasteiger partial charge >= 0.3 is 5.97 Å². The van der Waals surface area contributed by atoms with E-state index in [4.69, 9.17) is 0 Å². The smallest absolute Gasteiger partial charge is 0.344 e. The van der Waals surface area contributed by atoms with Gasteiger partial charge in [-0.2, -0.15) is 0 Å². The van der Waals surface area contributed by atoms with Crippen molar-refractivity contribution in [3.8, 4) is 0 Å². The molecule has 0 aromatic heterocycles. The third-order valence-corrected chi connectivity index (χ3v) is 3.16. The molecule has 118 valence electrons. The van der Waals surface area contributed by atoms with Crippen molar-refractivity contribution >= 4 is 17.6 Å². The van der Waals surface area contributed by atoms with E-state index in [-0.39, 0.29) is 11.1 Å². The summed E-state index contributed by atoms with van der Waals surface area (Å²) < 4.78 is 4.52. The second kappa shape index (κ2) is 7.17. The van der Waals surface area contributed by atoms with Gasteiger partial charge in [-0.05, 0) is 17.7 Å². The maximum atomic E-state index is 12.1. The van der Waals surface area contributed by atoms with Gasteiger partial charge in [0.2, 0.25) is 0 Å². The number of carbonyl (C=O) groups is 2. The van der Waals surface area contributed by atoms with E-state index in [0.29, 0.717) is 6.54 Å². The highest BCUT2D eigenvalue weighted by atomic mass is 16.6. The first-order chi connectivity index (χ1) is 11.0. The van der Waals surface area contributed by atoms with Gasteiger partial charge in [-0.15, -0.1) is 0 Å². The Morgan fingerprint density at radius 2 is 1.87 bits per heavy atom. The van der Waals surface area contributed by atoms with Crippen molar-refractivity contribution in [1.29, 1.82) is 0 Å². The number of nitrogens with one attached hydrogen (secondary N) is 1. The Hall–Kier alpha value is -3.22. The Balaban J connectivity index is 2.20. The minimum atomic E-state index is -0.866. The van der Waals surface area contributed by atoms with Crippen LogP contribution in [0, 0.1) is 10.1 Å². The maximum Gasteiger partial charge on any atom is 0.344 e. The normalized spacial score (nSPS) is 9.96. The van der Waals surface area contributed by atoms with Crippen LogP contribution in [-0.4, -0.2) is 23.9 Å². The average molecular weight is 314 g/mol. The molecule has 0 bridgehead atoms. The van der Waals surface area contributed by atoms with E-state index in [1.165, 1.54) is 6.07 Å². The first kappa shape index (κ1) is 16.2. The highest BCUT2D eigenvalue weighted by Crippen LogP contribution is 2.21. The molecule has 2 rings (SSSR count). The molecule has 1 N–H and O–H groups in total. The Morgan fingerprint density at radius 3 is 2.48 bits per heavy atom. The van der Waals surface area contributed by atoms with E-state index in [1.807, 2.05) is 30.3 Å². The molecule has 0 aliphatic rings. The minimum Gasteiger partial charge on any atom is -0.465 e. The van der Waals surface area contributed by atoms with Crippen LogP contribution in [0.15, 0.2) is 48.5 Å². The molecule has 0 spiro atoms. The molecule has 2 aromatic rings. The average Bonchev–Trinajstić information content (AvgIpc) is 2.59. The molecule has 0 radical (unpaired) electrons. The van der Waals surface area contributed by atoms with Gasteiger partial charge < -0.3 is 10.1 Å². The molecule has 0 unspecified atom stereocenters. The van der Waals surface area contributed by atoms with E-state index in [1.54, 1.807) is 0 Å². The highest BCUT2D eigenvalue weighted by molar-refractivity contribution is 6.00. The van der Waals surface area contributed by atoms with E-state index in [2.05, 4.69) is 10.1 Å². The lowest BCUT2D eigenvalue weighted by Gasteiger charge is -2.07. The Morgan fingerprint density at radius 1 is 1.17 bits per heavy atom. The van der Waals surface area contributed by atoms with Crippen LogP contribution in [0.4, 0.5) is 5.69 Å². The molecule has 0 atom stereocenters. The molecule has 0 heterocycles. The lowest BCUT2D eigenvalue weighted by Crippen LogP contribution is -2.23. The second-order valence-corrected chi connectivity index (χ2v) is 4.65. The summed E-state index contributed by atoms with van der Waals surface area (Å²) in [5.74, 6) is -1.30. The van der Waals surface area contributed by atoms with E-state index in [9.17, 15) is 19.7 Å². The largest absolute Gasteiger partial charge is 0.465 e. The molecule has 7 heteroatoms. The quantitative estimate of drug-likeness (QED) is 0.519. The minimum absolute atomic E-state index is 0.145. The van der Waals surface area contributed by atoms with Gasteiger partial charge in [0.05, 0.1) is 12.0 Å². The number of nitro benzene ring substituents is 1. The topological polar surface area (TPSA) is 98.5 Å². The summed E-state index contributed by atoms with van der Waals surface area (Å²) in [6.45, 7) is 0.310. The zero-order valence-corrected chi connectivity index (χ0v) is 12.3. The van der Waals surface area contributed by atoms with Crippen molar-refractivity contribution in [1.82, 2.24) is 5.32 Å². The molecular formula is C16H14N2O5. The van der Waals surface area contributed by atoms with Gasteiger partial charge in [0, 0.05) is 18.2 Å². The monoisotopic (exact) mass is 314 g/mol. The summed E-state index contributed by atoms with van der Waals surface area (Å²) >= 11 is 0. The van der Waals surface area contributed by atoms with Crippen molar-refractivity contribution in [2.75, 3.05) is 7.11 Å². The zero-order valence-electron chi connectivity index (χ0n) is 12.3. The number of methoxy groups -OCH3 is 1. The van der Waals surface area contributed by atoms with Gasteiger partial charge in [-0.3, -0.25) is 14.9 Å². The molecule has 2 aromatic carbocycles. The summed E-state index contributed by atoms with van der Waals surface area (Å²) in [5, 5.41) is 13.6. The Bertz CT molecular complexity index is 743. The summed E-state index contributed by atoms with van der Waals surface area (Å²) in [7, 11) is 1.12. The first-order valence-corrected chi connectivity index (χ1v) is 6.72. The van der Waals surface area contributed by atoms with Crippen molar-refractivity contribution in [3.05, 3.63) is 75.3 Å². The fourth-order valence-electron chi connectivity index (χ4n) is 1.99. The van der Waals surface area contributed by atoms with Crippen molar-refractivity contribution < 1.29 is 19.2 Å². The number of ether oxygens (including phenoxy) is 1. The van der Waals surface area contributed by atoms with Gasteiger partial charge in [0.15, 0.2) is 0 Å². The lowest BCUT2D eigenvalue weighted by atomic mass is 10.1. The lowest BCUT2D eigenvalue weighted by molar-refractivity contribution is -0.385. The predicted molar refractivity (Wildman–Crippen MR) is 82.0 cm³/mol. The second-order valence-electron chi connectivity index (χ2n) is 4.65. The van der Waals surface area contributed by atoms with Crippen LogP contribution < -0.4 is 5.32 Å². The molecule has 0 saturated heterocycles. The SMILES string of the molecule is COC(=O)c1cc(C(=O)NCc2ccccc2)ccc1[N+](=O)[O-]. The molecule has 23 heavy (non-hydrogen) atoms. The maximum absolute atomic E-state index is 12.1. The van der Waals surface area contributed by atoms with Gasteiger partial charge in [-0.1, -0.05) is 30.3 Å². The molecular weight excluding hydrogens is 300 g/mol. The number of hydrogen-bond acceptors (Lipinski definition) is 5. The number of carbonyl (C=O) groups excluding carboxylic acids is 2. The van der Waals surface area contributed by atoms with E-state index >= 15 is 0 Å². The summed E-state index contributed by atoms with van der Waals surface area (Å²) in [6.07, 6.45) is 0. The van der Waals surface area contributed by atoms with Gasteiger partial charge in [-0.25, -0.2) is 4.79 Å². The van der Waals surface area contributed by atoms with Crippen LogP contribution in [0.3, 0.4) is 0 Å². The fraction of sp³-hybridized carbons (Fsp3) is 0.125. The van der Waals surface area contributed by atoms with Crippen LogP contribution in [0.5, 0.6) is 0 Å². The first-order valence-electron chi connectivity index (χ1n) is 6.72. The van der Waals surface area contributed by atoms with Crippen LogP contribution in [0.1, 0.15) is 26.3 Å². The number of esters is 1. The highest BCUT2D eigenvalue weighted by Gasteiger charge is 2.22.